The van der Waals surface area contributed by atoms with E-state index in [0.717, 1.165) is 6.92 Å². The maximum atomic E-state index is 11.4. The van der Waals surface area contributed by atoms with Gasteiger partial charge in [-0.05, 0) is 0 Å². The van der Waals surface area contributed by atoms with E-state index in [9.17, 15) is 19.2 Å². The molecule has 0 heterocycles. The van der Waals surface area contributed by atoms with Crippen molar-refractivity contribution in [1.29, 1.82) is 0 Å². The normalized spacial score (nSPS) is 29.3. The lowest BCUT2D eigenvalue weighted by Gasteiger charge is -2.43. The number of esters is 4. The molecule has 0 amide bonds. The van der Waals surface area contributed by atoms with Crippen molar-refractivity contribution in [1.82, 2.24) is 0 Å². The minimum atomic E-state index is -1.17. The third-order valence-corrected chi connectivity index (χ3v) is 3.37. The number of hydrogen-bond donors (Lipinski definition) is 0. The van der Waals surface area contributed by atoms with Crippen LogP contribution >= 0.6 is 0 Å². The first-order chi connectivity index (χ1) is 11.1. The molecule has 0 N–H and O–H groups in total. The standard InChI is InChI=1S/C15H22O9/c1-7(16)21-12-6-11(20-5)13(22-8(2)17)15(24-10(4)19)14(12)23-9(3)18/h11-15H,6H2,1-5H3/t11-,12+,13-,14-,15+/m1/s1. The predicted molar refractivity (Wildman–Crippen MR) is 77.6 cm³/mol. The Kier molecular flexibility index (Phi) is 7.15. The minimum absolute atomic E-state index is 0.101. The van der Waals surface area contributed by atoms with E-state index in [-0.39, 0.29) is 6.42 Å². The molecule has 1 saturated carbocycles. The van der Waals surface area contributed by atoms with E-state index in [4.69, 9.17) is 23.7 Å². The smallest absolute Gasteiger partial charge is 0.303 e. The molecule has 0 unspecified atom stereocenters. The molecule has 0 aromatic heterocycles. The molecular formula is C15H22O9. The van der Waals surface area contributed by atoms with Gasteiger partial charge >= 0.3 is 23.9 Å². The van der Waals surface area contributed by atoms with Crippen LogP contribution in [0.5, 0.6) is 0 Å². The molecule has 1 fully saturated rings. The zero-order valence-corrected chi connectivity index (χ0v) is 14.3. The predicted octanol–water partition coefficient (Wildman–Crippen LogP) is 0.132. The second-order valence-corrected chi connectivity index (χ2v) is 5.38. The van der Waals surface area contributed by atoms with Gasteiger partial charge in [-0.3, -0.25) is 19.2 Å². The van der Waals surface area contributed by atoms with Gasteiger partial charge in [-0.2, -0.15) is 0 Å². The van der Waals surface area contributed by atoms with Crippen molar-refractivity contribution >= 4 is 23.9 Å². The number of carbonyl (C=O) groups excluding carboxylic acids is 4. The average molecular weight is 346 g/mol. The Bertz CT molecular complexity index is 501. The van der Waals surface area contributed by atoms with Gasteiger partial charge in [0.05, 0.1) is 0 Å². The van der Waals surface area contributed by atoms with Gasteiger partial charge in [0.2, 0.25) is 0 Å². The Hall–Kier alpha value is -2.16. The Morgan fingerprint density at radius 3 is 1.38 bits per heavy atom. The van der Waals surface area contributed by atoms with Crippen molar-refractivity contribution in [3.63, 3.8) is 0 Å². The van der Waals surface area contributed by atoms with Crippen molar-refractivity contribution in [2.24, 2.45) is 0 Å². The van der Waals surface area contributed by atoms with Crippen LogP contribution in [0.1, 0.15) is 34.1 Å². The molecule has 1 aliphatic carbocycles. The van der Waals surface area contributed by atoms with Gasteiger partial charge in [0, 0.05) is 41.2 Å². The Balaban J connectivity index is 3.23. The summed E-state index contributed by atoms with van der Waals surface area (Å²) in [5.74, 6) is -2.55. The van der Waals surface area contributed by atoms with Crippen LogP contribution in [0.25, 0.3) is 0 Å². The minimum Gasteiger partial charge on any atom is -0.458 e. The first-order valence-electron chi connectivity index (χ1n) is 7.37. The van der Waals surface area contributed by atoms with Crippen molar-refractivity contribution < 1.29 is 42.9 Å². The number of methoxy groups -OCH3 is 1. The maximum Gasteiger partial charge on any atom is 0.303 e. The number of carbonyl (C=O) groups is 4. The van der Waals surface area contributed by atoms with Crippen molar-refractivity contribution in [3.05, 3.63) is 0 Å². The summed E-state index contributed by atoms with van der Waals surface area (Å²) in [5.41, 5.74) is 0. The highest BCUT2D eigenvalue weighted by molar-refractivity contribution is 5.69. The Labute approximate surface area is 139 Å². The average Bonchev–Trinajstić information content (AvgIpc) is 2.42. The van der Waals surface area contributed by atoms with Gasteiger partial charge in [-0.25, -0.2) is 0 Å². The van der Waals surface area contributed by atoms with Crippen molar-refractivity contribution in [3.8, 4) is 0 Å². The molecule has 24 heavy (non-hydrogen) atoms. The van der Waals surface area contributed by atoms with Crippen LogP contribution in [0, 0.1) is 0 Å². The molecular weight excluding hydrogens is 324 g/mol. The summed E-state index contributed by atoms with van der Waals surface area (Å²) < 4.78 is 26.0. The van der Waals surface area contributed by atoms with Gasteiger partial charge in [-0.1, -0.05) is 0 Å². The van der Waals surface area contributed by atoms with E-state index in [2.05, 4.69) is 0 Å². The SMILES string of the molecule is CO[C@@H]1C[C@H](OC(C)=O)[C@@H](OC(C)=O)[C@@H](OC(C)=O)[C@@H]1OC(C)=O. The summed E-state index contributed by atoms with van der Waals surface area (Å²) in [7, 11) is 1.38. The Morgan fingerprint density at radius 1 is 0.625 bits per heavy atom. The first-order valence-corrected chi connectivity index (χ1v) is 7.37. The van der Waals surface area contributed by atoms with Crippen LogP contribution in [-0.2, 0) is 42.9 Å². The molecule has 0 radical (unpaired) electrons. The molecule has 0 spiro atoms. The second kappa shape index (κ2) is 8.62. The largest absolute Gasteiger partial charge is 0.458 e. The van der Waals surface area contributed by atoms with E-state index in [1.165, 1.54) is 27.9 Å². The molecule has 0 aromatic rings. The van der Waals surface area contributed by atoms with Crippen LogP contribution in [0.2, 0.25) is 0 Å². The van der Waals surface area contributed by atoms with Crippen LogP contribution in [0.4, 0.5) is 0 Å². The highest BCUT2D eigenvalue weighted by atomic mass is 16.6. The molecule has 5 atom stereocenters. The van der Waals surface area contributed by atoms with Gasteiger partial charge in [0.25, 0.3) is 0 Å². The van der Waals surface area contributed by atoms with Crippen LogP contribution in [0.15, 0.2) is 0 Å². The summed E-state index contributed by atoms with van der Waals surface area (Å²) in [6.45, 7) is 4.72. The van der Waals surface area contributed by atoms with E-state index in [0.29, 0.717) is 0 Å². The number of ether oxygens (including phenoxy) is 5. The zero-order chi connectivity index (χ0) is 18.4. The van der Waals surface area contributed by atoms with Gasteiger partial charge in [0.1, 0.15) is 12.2 Å². The summed E-state index contributed by atoms with van der Waals surface area (Å²) in [4.78, 5) is 45.6. The van der Waals surface area contributed by atoms with Crippen LogP contribution in [0.3, 0.4) is 0 Å². The summed E-state index contributed by atoms with van der Waals surface area (Å²) >= 11 is 0. The molecule has 0 saturated heterocycles. The molecule has 136 valence electrons. The molecule has 0 bridgehead atoms. The second-order valence-electron chi connectivity index (χ2n) is 5.38. The van der Waals surface area contributed by atoms with Crippen molar-refractivity contribution in [2.75, 3.05) is 7.11 Å². The first kappa shape index (κ1) is 19.9. The molecule has 9 heteroatoms. The fourth-order valence-electron chi connectivity index (χ4n) is 2.66. The van der Waals surface area contributed by atoms with E-state index >= 15 is 0 Å². The Morgan fingerprint density at radius 2 is 1.00 bits per heavy atom. The third kappa shape index (κ3) is 5.48. The fraction of sp³-hybridized carbons (Fsp3) is 0.733. The summed E-state index contributed by atoms with van der Waals surface area (Å²) in [6.07, 6.45) is -4.82. The summed E-state index contributed by atoms with van der Waals surface area (Å²) in [5, 5.41) is 0. The van der Waals surface area contributed by atoms with E-state index in [1.54, 1.807) is 0 Å². The molecule has 1 rings (SSSR count). The van der Waals surface area contributed by atoms with Gasteiger partial charge < -0.3 is 23.7 Å². The lowest BCUT2D eigenvalue weighted by molar-refractivity contribution is -0.228. The fourth-order valence-corrected chi connectivity index (χ4v) is 2.66. The highest BCUT2D eigenvalue weighted by Crippen LogP contribution is 2.31. The zero-order valence-electron chi connectivity index (χ0n) is 14.3. The van der Waals surface area contributed by atoms with Gasteiger partial charge in [0.15, 0.2) is 18.3 Å². The molecule has 0 aromatic carbocycles. The molecule has 1 aliphatic rings. The summed E-state index contributed by atoms with van der Waals surface area (Å²) in [6, 6.07) is 0. The van der Waals surface area contributed by atoms with E-state index in [1.807, 2.05) is 0 Å². The maximum absolute atomic E-state index is 11.4. The van der Waals surface area contributed by atoms with E-state index < -0.39 is 54.4 Å². The van der Waals surface area contributed by atoms with Crippen LogP contribution < -0.4 is 0 Å². The molecule has 0 aliphatic heterocycles. The topological polar surface area (TPSA) is 114 Å². The van der Waals surface area contributed by atoms with Crippen LogP contribution in [-0.4, -0.2) is 61.5 Å². The lowest BCUT2D eigenvalue weighted by atomic mass is 9.86. The monoisotopic (exact) mass is 346 g/mol. The number of rotatable bonds is 5. The number of hydrogen-bond acceptors (Lipinski definition) is 9. The highest BCUT2D eigenvalue weighted by Gasteiger charge is 2.52. The molecule has 9 nitrogen and oxygen atoms in total. The lowest BCUT2D eigenvalue weighted by Crippen LogP contribution is -2.61. The quantitative estimate of drug-likeness (QED) is 0.506. The van der Waals surface area contributed by atoms with Gasteiger partial charge in [-0.15, -0.1) is 0 Å². The third-order valence-electron chi connectivity index (χ3n) is 3.37. The van der Waals surface area contributed by atoms with Crippen molar-refractivity contribution in [2.45, 2.75) is 64.6 Å².